The molecule has 0 unspecified atom stereocenters. The molecule has 0 aromatic heterocycles. The summed E-state index contributed by atoms with van der Waals surface area (Å²) in [5, 5.41) is 6.57. The normalized spacial score (nSPS) is 27.1. The first kappa shape index (κ1) is 15.6. The third-order valence-corrected chi connectivity index (χ3v) is 3.92. The Morgan fingerprint density at radius 2 is 2.00 bits per heavy atom. The largest absolute Gasteiger partial charge is 0.342 e. The Morgan fingerprint density at radius 3 is 2.61 bits per heavy atom. The molecule has 0 saturated carbocycles. The molecule has 104 valence electrons. The van der Waals surface area contributed by atoms with E-state index in [1.54, 1.807) is 0 Å². The highest BCUT2D eigenvalue weighted by atomic mass is 32.2. The summed E-state index contributed by atoms with van der Waals surface area (Å²) in [6.45, 7) is 6.18. The van der Waals surface area contributed by atoms with Gasteiger partial charge in [0, 0.05) is 16.8 Å². The molecule has 0 fully saturated rings. The molecule has 0 bridgehead atoms. The molecule has 0 spiro atoms. The minimum atomic E-state index is -0.0311. The van der Waals surface area contributed by atoms with Crippen LogP contribution in [0, 0.1) is 0 Å². The summed E-state index contributed by atoms with van der Waals surface area (Å²) in [5.41, 5.74) is 0. The van der Waals surface area contributed by atoms with E-state index >= 15 is 0 Å². The summed E-state index contributed by atoms with van der Waals surface area (Å²) in [6, 6.07) is 0.577. The number of carbonyl (C=O) groups excluding carboxylic acids is 1. The van der Waals surface area contributed by atoms with Crippen LogP contribution in [0.5, 0.6) is 0 Å². The second-order valence-electron chi connectivity index (χ2n) is 5.79. The van der Waals surface area contributed by atoms with Crippen molar-refractivity contribution in [3.05, 3.63) is 12.2 Å². The van der Waals surface area contributed by atoms with Gasteiger partial charge in [-0.15, -0.1) is 0 Å². The van der Waals surface area contributed by atoms with E-state index in [2.05, 4.69) is 43.6 Å². The number of rotatable bonds is 2. The second kappa shape index (κ2) is 7.19. The number of nitrogens with one attached hydrogen (secondary N) is 2. The van der Waals surface area contributed by atoms with Crippen LogP contribution in [0.15, 0.2) is 12.2 Å². The van der Waals surface area contributed by atoms with Gasteiger partial charge >= 0.3 is 0 Å². The van der Waals surface area contributed by atoms with Crippen LogP contribution in [0.2, 0.25) is 0 Å². The van der Waals surface area contributed by atoms with Crippen molar-refractivity contribution in [3.8, 4) is 0 Å². The monoisotopic (exact) mass is 270 g/mol. The third-order valence-electron chi connectivity index (χ3n) is 3.00. The molecule has 0 aliphatic heterocycles. The van der Waals surface area contributed by atoms with Gasteiger partial charge in [0.15, 0.2) is 0 Å². The van der Waals surface area contributed by atoms with E-state index in [0.717, 1.165) is 19.3 Å². The summed E-state index contributed by atoms with van der Waals surface area (Å²) in [6.07, 6.45) is 8.78. The van der Waals surface area contributed by atoms with Crippen LogP contribution in [-0.2, 0) is 0 Å². The van der Waals surface area contributed by atoms with Crippen LogP contribution in [0.25, 0.3) is 0 Å². The van der Waals surface area contributed by atoms with Crippen molar-refractivity contribution >= 4 is 17.0 Å². The number of likely N-dealkylation sites (N-methyl/N-ethyl adjacent to an activating group) is 1. The standard InChI is InChI=1S/C14H26N2OS/c1-14(2,3)18-13(17)16-12-10-8-6-5-7-9-11(12)15-4/h6,8,11-12,15H,5,7,9-10H2,1-4H3,(H,16,17)/b8-6+/t11-,12-/m1/s1. The Labute approximate surface area is 115 Å². The van der Waals surface area contributed by atoms with Crippen LogP contribution in [0.4, 0.5) is 4.79 Å². The molecule has 3 nitrogen and oxygen atoms in total. The van der Waals surface area contributed by atoms with Gasteiger partial charge in [-0.05, 0) is 32.7 Å². The van der Waals surface area contributed by atoms with E-state index < -0.39 is 0 Å². The highest BCUT2D eigenvalue weighted by Gasteiger charge is 2.24. The first-order valence-corrected chi connectivity index (χ1v) is 7.56. The lowest BCUT2D eigenvalue weighted by Crippen LogP contribution is -2.48. The van der Waals surface area contributed by atoms with Gasteiger partial charge in [0.25, 0.3) is 5.24 Å². The molecule has 0 aromatic carbocycles. The SMILES string of the molecule is CN[C@@H]1CCC/C=C/C[C@H]1NC(=O)SC(C)(C)C. The lowest BCUT2D eigenvalue weighted by molar-refractivity contribution is 0.252. The molecule has 1 amide bonds. The zero-order valence-electron chi connectivity index (χ0n) is 12.0. The zero-order valence-corrected chi connectivity index (χ0v) is 12.8. The van der Waals surface area contributed by atoms with Crippen LogP contribution < -0.4 is 10.6 Å². The van der Waals surface area contributed by atoms with Crippen LogP contribution >= 0.6 is 11.8 Å². The van der Waals surface area contributed by atoms with Gasteiger partial charge in [-0.3, -0.25) is 4.79 Å². The molecule has 1 aliphatic rings. The molecule has 1 aliphatic carbocycles. The van der Waals surface area contributed by atoms with Crippen molar-refractivity contribution in [1.82, 2.24) is 10.6 Å². The molecular formula is C14H26N2OS. The van der Waals surface area contributed by atoms with Crippen LogP contribution in [0.1, 0.15) is 46.5 Å². The molecule has 1 rings (SSSR count). The first-order valence-electron chi connectivity index (χ1n) is 6.74. The lowest BCUT2D eigenvalue weighted by atomic mass is 9.96. The topological polar surface area (TPSA) is 41.1 Å². The maximum absolute atomic E-state index is 12.0. The van der Waals surface area contributed by atoms with E-state index in [0.29, 0.717) is 6.04 Å². The van der Waals surface area contributed by atoms with E-state index in [1.807, 2.05) is 7.05 Å². The summed E-state index contributed by atoms with van der Waals surface area (Å²) in [4.78, 5) is 12.0. The molecule has 0 heterocycles. The van der Waals surface area contributed by atoms with Gasteiger partial charge in [-0.2, -0.15) is 0 Å². The van der Waals surface area contributed by atoms with E-state index in [4.69, 9.17) is 0 Å². The Balaban J connectivity index is 2.57. The van der Waals surface area contributed by atoms with E-state index in [-0.39, 0.29) is 16.0 Å². The molecule has 4 heteroatoms. The fourth-order valence-corrected chi connectivity index (χ4v) is 2.91. The summed E-state index contributed by atoms with van der Waals surface area (Å²) in [5.74, 6) is 0. The second-order valence-corrected chi connectivity index (χ2v) is 7.59. The molecule has 0 saturated heterocycles. The van der Waals surface area contributed by atoms with Gasteiger partial charge in [-0.25, -0.2) is 0 Å². The Hall–Kier alpha value is -0.480. The molecular weight excluding hydrogens is 244 g/mol. The van der Waals surface area contributed by atoms with Crippen molar-refractivity contribution in [3.63, 3.8) is 0 Å². The number of thioether (sulfide) groups is 1. The summed E-state index contributed by atoms with van der Waals surface area (Å²) >= 11 is 1.37. The maximum atomic E-state index is 12.0. The Kier molecular flexibility index (Phi) is 6.22. The summed E-state index contributed by atoms with van der Waals surface area (Å²) in [7, 11) is 1.98. The van der Waals surface area contributed by atoms with Crippen molar-refractivity contribution in [2.75, 3.05) is 7.05 Å². The van der Waals surface area contributed by atoms with Gasteiger partial charge in [0.05, 0.1) is 0 Å². The number of carbonyl (C=O) groups is 1. The Bertz CT molecular complexity index is 297. The Morgan fingerprint density at radius 1 is 1.28 bits per heavy atom. The fraction of sp³-hybridized carbons (Fsp3) is 0.786. The van der Waals surface area contributed by atoms with Crippen molar-refractivity contribution < 1.29 is 4.79 Å². The number of allylic oxidation sites excluding steroid dienone is 1. The number of hydrogen-bond donors (Lipinski definition) is 2. The maximum Gasteiger partial charge on any atom is 0.279 e. The van der Waals surface area contributed by atoms with Crippen LogP contribution in [0.3, 0.4) is 0 Å². The third kappa shape index (κ3) is 5.91. The number of hydrogen-bond acceptors (Lipinski definition) is 3. The lowest BCUT2D eigenvalue weighted by Gasteiger charge is -2.29. The van der Waals surface area contributed by atoms with Crippen molar-refractivity contribution in [2.45, 2.75) is 63.3 Å². The average molecular weight is 270 g/mol. The van der Waals surface area contributed by atoms with Gasteiger partial charge < -0.3 is 10.6 Å². The highest BCUT2D eigenvalue weighted by molar-refractivity contribution is 8.14. The predicted molar refractivity (Wildman–Crippen MR) is 80.1 cm³/mol. The molecule has 2 atom stereocenters. The van der Waals surface area contributed by atoms with Gasteiger partial charge in [0.1, 0.15) is 0 Å². The van der Waals surface area contributed by atoms with Crippen LogP contribution in [-0.4, -0.2) is 29.1 Å². The zero-order chi connectivity index (χ0) is 13.6. The predicted octanol–water partition coefficient (Wildman–Crippen LogP) is 3.31. The highest BCUT2D eigenvalue weighted by Crippen LogP contribution is 2.24. The van der Waals surface area contributed by atoms with E-state index in [1.165, 1.54) is 18.2 Å². The average Bonchev–Trinajstić information content (AvgIpc) is 2.20. The summed E-state index contributed by atoms with van der Waals surface area (Å²) < 4.78 is -0.0311. The van der Waals surface area contributed by atoms with E-state index in [9.17, 15) is 4.79 Å². The molecule has 0 aromatic rings. The quantitative estimate of drug-likeness (QED) is 0.756. The number of amides is 1. The van der Waals surface area contributed by atoms with Gasteiger partial charge in [-0.1, -0.05) is 44.7 Å². The molecule has 18 heavy (non-hydrogen) atoms. The van der Waals surface area contributed by atoms with Crippen molar-refractivity contribution in [1.29, 1.82) is 0 Å². The smallest absolute Gasteiger partial charge is 0.279 e. The van der Waals surface area contributed by atoms with Crippen molar-refractivity contribution in [2.24, 2.45) is 0 Å². The molecule has 2 N–H and O–H groups in total. The minimum absolute atomic E-state index is 0.0311. The fourth-order valence-electron chi connectivity index (χ4n) is 2.15. The van der Waals surface area contributed by atoms with Gasteiger partial charge in [0.2, 0.25) is 0 Å². The molecule has 0 radical (unpaired) electrons. The minimum Gasteiger partial charge on any atom is -0.342 e. The first-order chi connectivity index (χ1) is 8.42.